The van der Waals surface area contributed by atoms with Gasteiger partial charge in [-0.2, -0.15) is 0 Å². The number of hydrogen-bond donors (Lipinski definition) is 2. The number of pyridine rings is 1. The first-order valence-corrected chi connectivity index (χ1v) is 7.74. The van der Waals surface area contributed by atoms with Crippen LogP contribution in [0.3, 0.4) is 0 Å². The van der Waals surface area contributed by atoms with Gasteiger partial charge < -0.3 is 15.5 Å². The maximum Gasteiger partial charge on any atom is 0.251 e. The third-order valence-electron chi connectivity index (χ3n) is 3.65. The van der Waals surface area contributed by atoms with Crippen molar-refractivity contribution in [2.45, 2.75) is 12.5 Å². The molecule has 0 saturated heterocycles. The van der Waals surface area contributed by atoms with E-state index in [4.69, 9.17) is 0 Å². The quantitative estimate of drug-likeness (QED) is 0.825. The molecule has 0 aliphatic rings. The molecule has 1 aromatic carbocycles. The fourth-order valence-electron chi connectivity index (χ4n) is 2.34. The molecule has 0 radical (unpaired) electrons. The fourth-order valence-corrected chi connectivity index (χ4v) is 2.34. The Morgan fingerprint density at radius 1 is 1.22 bits per heavy atom. The van der Waals surface area contributed by atoms with Gasteiger partial charge in [0.15, 0.2) is 0 Å². The summed E-state index contributed by atoms with van der Waals surface area (Å²) < 4.78 is 0. The molecule has 0 saturated carbocycles. The molecule has 1 amide bonds. The molecule has 2 N–H and O–H groups in total. The van der Waals surface area contributed by atoms with E-state index in [2.05, 4.69) is 20.5 Å². The predicted octanol–water partition coefficient (Wildman–Crippen LogP) is 2.55. The monoisotopic (exact) mass is 312 g/mol. The van der Waals surface area contributed by atoms with Crippen molar-refractivity contribution in [2.24, 2.45) is 0 Å². The lowest BCUT2D eigenvalue weighted by molar-refractivity contribution is 0.0932. The molecule has 0 unspecified atom stereocenters. The molecule has 122 valence electrons. The van der Waals surface area contributed by atoms with Crippen molar-refractivity contribution >= 4 is 11.7 Å². The number of nitrogens with zero attached hydrogens (tertiary/aromatic N) is 2. The Kier molecular flexibility index (Phi) is 6.11. The Balaban J connectivity index is 2.14. The maximum atomic E-state index is 12.6. The van der Waals surface area contributed by atoms with Gasteiger partial charge in [-0.15, -0.1) is 0 Å². The van der Waals surface area contributed by atoms with Gasteiger partial charge in [0.05, 0.1) is 6.04 Å². The Morgan fingerprint density at radius 3 is 2.61 bits per heavy atom. The molecule has 0 aliphatic heterocycles. The number of aromatic nitrogens is 1. The molecule has 5 nitrogen and oxygen atoms in total. The van der Waals surface area contributed by atoms with Gasteiger partial charge in [-0.3, -0.25) is 4.79 Å². The number of rotatable bonds is 7. The smallest absolute Gasteiger partial charge is 0.251 e. The second-order valence-corrected chi connectivity index (χ2v) is 5.71. The summed E-state index contributed by atoms with van der Waals surface area (Å²) in [7, 11) is 5.85. The molecule has 1 aromatic heterocycles. The first-order valence-electron chi connectivity index (χ1n) is 7.74. The number of nitrogens with one attached hydrogen (secondary N) is 2. The van der Waals surface area contributed by atoms with E-state index in [0.29, 0.717) is 11.4 Å². The number of anilines is 1. The predicted molar refractivity (Wildman–Crippen MR) is 93.6 cm³/mol. The molecule has 23 heavy (non-hydrogen) atoms. The normalized spacial score (nSPS) is 12.0. The van der Waals surface area contributed by atoms with Crippen molar-refractivity contribution in [1.82, 2.24) is 15.2 Å². The van der Waals surface area contributed by atoms with E-state index in [1.165, 1.54) is 0 Å². The second-order valence-electron chi connectivity index (χ2n) is 5.71. The number of hydrogen-bond acceptors (Lipinski definition) is 4. The highest BCUT2D eigenvalue weighted by Crippen LogP contribution is 2.18. The van der Waals surface area contributed by atoms with Gasteiger partial charge in [-0.25, -0.2) is 4.98 Å². The Hall–Kier alpha value is -2.40. The van der Waals surface area contributed by atoms with Crippen LogP contribution in [0.2, 0.25) is 0 Å². The van der Waals surface area contributed by atoms with Crippen LogP contribution in [0.5, 0.6) is 0 Å². The van der Waals surface area contributed by atoms with E-state index >= 15 is 0 Å². The Labute approximate surface area is 137 Å². The van der Waals surface area contributed by atoms with Crippen LogP contribution in [0.4, 0.5) is 5.82 Å². The minimum absolute atomic E-state index is 0.0164. The minimum atomic E-state index is -0.0866. The molecular formula is C18H24N4O. The molecule has 0 fully saturated rings. The Morgan fingerprint density at radius 2 is 1.96 bits per heavy atom. The zero-order valence-corrected chi connectivity index (χ0v) is 13.9. The minimum Gasteiger partial charge on any atom is -0.373 e. The van der Waals surface area contributed by atoms with Gasteiger partial charge >= 0.3 is 0 Å². The van der Waals surface area contributed by atoms with Crippen LogP contribution < -0.4 is 10.6 Å². The number of benzene rings is 1. The van der Waals surface area contributed by atoms with E-state index in [9.17, 15) is 4.79 Å². The summed E-state index contributed by atoms with van der Waals surface area (Å²) in [4.78, 5) is 18.8. The van der Waals surface area contributed by atoms with Crippen LogP contribution in [0.25, 0.3) is 0 Å². The highest BCUT2D eigenvalue weighted by molar-refractivity contribution is 5.95. The summed E-state index contributed by atoms with van der Waals surface area (Å²) in [6, 6.07) is 13.5. The van der Waals surface area contributed by atoms with Gasteiger partial charge in [-0.05, 0) is 44.8 Å². The number of carbonyl (C=O) groups excluding carboxylic acids is 1. The lowest BCUT2D eigenvalue weighted by atomic mass is 10.0. The topological polar surface area (TPSA) is 57.3 Å². The van der Waals surface area contributed by atoms with E-state index in [1.807, 2.05) is 44.4 Å². The molecular weight excluding hydrogens is 288 g/mol. The van der Waals surface area contributed by atoms with Crippen LogP contribution in [0.15, 0.2) is 48.7 Å². The fraction of sp³-hybridized carbons (Fsp3) is 0.333. The first-order chi connectivity index (χ1) is 11.1. The highest BCUT2D eigenvalue weighted by atomic mass is 16.1. The SMILES string of the molecule is CNc1cc(C(=O)N[C@H](CCN(C)C)c2ccccc2)ccn1. The van der Waals surface area contributed by atoms with Gasteiger partial charge in [0, 0.05) is 18.8 Å². The van der Waals surface area contributed by atoms with Crippen molar-refractivity contribution in [2.75, 3.05) is 33.0 Å². The average molecular weight is 312 g/mol. The van der Waals surface area contributed by atoms with E-state index in [-0.39, 0.29) is 11.9 Å². The van der Waals surface area contributed by atoms with Gasteiger partial charge in [0.2, 0.25) is 0 Å². The molecule has 2 aromatic rings. The van der Waals surface area contributed by atoms with Crippen LogP contribution in [-0.2, 0) is 0 Å². The second kappa shape index (κ2) is 8.29. The highest BCUT2D eigenvalue weighted by Gasteiger charge is 2.16. The maximum absolute atomic E-state index is 12.6. The van der Waals surface area contributed by atoms with Crippen molar-refractivity contribution in [3.05, 3.63) is 59.8 Å². The van der Waals surface area contributed by atoms with Crippen LogP contribution in [-0.4, -0.2) is 43.5 Å². The number of amides is 1. The van der Waals surface area contributed by atoms with Crippen LogP contribution in [0.1, 0.15) is 28.4 Å². The lowest BCUT2D eigenvalue weighted by Gasteiger charge is -2.21. The zero-order chi connectivity index (χ0) is 16.7. The summed E-state index contributed by atoms with van der Waals surface area (Å²) >= 11 is 0. The van der Waals surface area contributed by atoms with E-state index < -0.39 is 0 Å². The third kappa shape index (κ3) is 5.07. The summed E-state index contributed by atoms with van der Waals surface area (Å²) in [5, 5.41) is 6.08. The van der Waals surface area contributed by atoms with Gasteiger partial charge in [0.1, 0.15) is 5.82 Å². The lowest BCUT2D eigenvalue weighted by Crippen LogP contribution is -2.31. The molecule has 1 atom stereocenters. The van der Waals surface area contributed by atoms with Crippen molar-refractivity contribution in [3.63, 3.8) is 0 Å². The molecule has 0 aliphatic carbocycles. The van der Waals surface area contributed by atoms with E-state index in [1.54, 1.807) is 25.4 Å². The van der Waals surface area contributed by atoms with Crippen molar-refractivity contribution < 1.29 is 4.79 Å². The van der Waals surface area contributed by atoms with Crippen molar-refractivity contribution in [1.29, 1.82) is 0 Å². The average Bonchev–Trinajstić information content (AvgIpc) is 2.59. The largest absolute Gasteiger partial charge is 0.373 e. The summed E-state index contributed by atoms with van der Waals surface area (Å²) in [6.07, 6.45) is 2.49. The molecule has 2 rings (SSSR count). The molecule has 1 heterocycles. The molecule has 0 bridgehead atoms. The summed E-state index contributed by atoms with van der Waals surface area (Å²) in [5.74, 6) is 0.596. The van der Waals surface area contributed by atoms with E-state index in [0.717, 1.165) is 18.5 Å². The summed E-state index contributed by atoms with van der Waals surface area (Å²) in [6.45, 7) is 0.901. The van der Waals surface area contributed by atoms with Crippen LogP contribution >= 0.6 is 0 Å². The van der Waals surface area contributed by atoms with Crippen molar-refractivity contribution in [3.8, 4) is 0 Å². The van der Waals surface area contributed by atoms with Crippen LogP contribution in [0, 0.1) is 0 Å². The summed E-state index contributed by atoms with van der Waals surface area (Å²) in [5.41, 5.74) is 1.72. The molecule has 0 spiro atoms. The Bertz CT molecular complexity index is 628. The zero-order valence-electron chi connectivity index (χ0n) is 13.9. The third-order valence-corrected chi connectivity index (χ3v) is 3.65. The standard InChI is InChI=1S/C18H24N4O/c1-19-17-13-15(9-11-20-17)18(23)21-16(10-12-22(2)3)14-7-5-4-6-8-14/h4-9,11,13,16H,10,12H2,1-3H3,(H,19,20)(H,21,23)/t16-/m1/s1. The number of carbonyl (C=O) groups is 1. The molecule has 5 heteroatoms. The first kappa shape index (κ1) is 17.0. The van der Waals surface area contributed by atoms with Gasteiger partial charge in [0.25, 0.3) is 5.91 Å². The van der Waals surface area contributed by atoms with Gasteiger partial charge in [-0.1, -0.05) is 30.3 Å².